The SMILES string of the molecule is C1=CCC=C(c2ccc(S(c3ccccc3)(c3ccccc3)c3ccccc3)cc2)C=C1.CC.c1ccc(Cc2ccccc2)cc1. The fraction of sp³-hybridized carbons (Fsp3) is 0.0870. The molecule has 0 nitrogen and oxygen atoms in total. The minimum Gasteiger partial charge on any atom is -0.133 e. The topological polar surface area (TPSA) is 0 Å². The molecule has 234 valence electrons. The van der Waals surface area contributed by atoms with Crippen LogP contribution in [0.4, 0.5) is 0 Å². The molecular formula is C46H44S. The molecule has 0 saturated carbocycles. The van der Waals surface area contributed by atoms with Crippen LogP contribution in [0.25, 0.3) is 5.57 Å². The Morgan fingerprint density at radius 1 is 0.426 bits per heavy atom. The molecule has 6 aromatic carbocycles. The first kappa shape index (κ1) is 33.3. The Bertz CT molecular complexity index is 1700. The monoisotopic (exact) mass is 628 g/mol. The smallest absolute Gasteiger partial charge is 0.00233 e. The summed E-state index contributed by atoms with van der Waals surface area (Å²) in [5, 5.41) is 0. The third-order valence-corrected chi connectivity index (χ3v) is 11.8. The fourth-order valence-corrected chi connectivity index (χ4v) is 9.64. The van der Waals surface area contributed by atoms with E-state index in [2.05, 4.69) is 206 Å². The van der Waals surface area contributed by atoms with Gasteiger partial charge in [-0.25, -0.2) is 0 Å². The van der Waals surface area contributed by atoms with E-state index >= 15 is 0 Å². The Morgan fingerprint density at radius 3 is 1.23 bits per heavy atom. The minimum atomic E-state index is -1.62. The van der Waals surface area contributed by atoms with E-state index in [9.17, 15) is 0 Å². The Kier molecular flexibility index (Phi) is 12.4. The van der Waals surface area contributed by atoms with E-state index in [1.807, 2.05) is 13.8 Å². The third kappa shape index (κ3) is 8.38. The molecule has 0 aliphatic heterocycles. The number of rotatable bonds is 7. The van der Waals surface area contributed by atoms with Crippen molar-refractivity contribution in [2.45, 2.75) is 46.3 Å². The summed E-state index contributed by atoms with van der Waals surface area (Å²) >= 11 is 0. The van der Waals surface area contributed by atoms with E-state index in [4.69, 9.17) is 0 Å². The van der Waals surface area contributed by atoms with Crippen molar-refractivity contribution in [3.8, 4) is 0 Å². The maximum Gasteiger partial charge on any atom is 0.00233 e. The minimum absolute atomic E-state index is 0.970. The predicted octanol–water partition coefficient (Wildman–Crippen LogP) is 13.2. The lowest BCUT2D eigenvalue weighted by Gasteiger charge is -2.42. The molecule has 0 radical (unpaired) electrons. The standard InChI is InChI=1S/C31H26S.C13H12.C2H6/c1-2-7-15-26(14-6-1)27-22-24-31(25-23-27)32(28-16-8-3-9-17-28,29-18-10-4-11-19-29)30-20-12-5-13-21-30;1-3-7-12(8-4-1)11-13-9-5-2-6-10-13;1-2/h1-6,8-25H,7H2;1-10H,11H2;1-2H3. The van der Waals surface area contributed by atoms with Crippen molar-refractivity contribution in [2.75, 3.05) is 0 Å². The van der Waals surface area contributed by atoms with Gasteiger partial charge in [0.2, 0.25) is 0 Å². The van der Waals surface area contributed by atoms with Gasteiger partial charge >= 0.3 is 0 Å². The summed E-state index contributed by atoms with van der Waals surface area (Å²) in [6.07, 6.45) is 12.9. The van der Waals surface area contributed by atoms with Crippen molar-refractivity contribution >= 4 is 15.6 Å². The molecule has 0 amide bonds. The van der Waals surface area contributed by atoms with Crippen LogP contribution in [0.15, 0.2) is 226 Å². The molecule has 0 heterocycles. The van der Waals surface area contributed by atoms with E-state index < -0.39 is 10.0 Å². The normalized spacial score (nSPS) is 12.3. The first-order valence-electron chi connectivity index (χ1n) is 16.5. The summed E-state index contributed by atoms with van der Waals surface area (Å²) in [4.78, 5) is 5.40. The average molecular weight is 629 g/mol. The number of hydrogen-bond donors (Lipinski definition) is 0. The van der Waals surface area contributed by atoms with E-state index in [-0.39, 0.29) is 0 Å². The van der Waals surface area contributed by atoms with Crippen molar-refractivity contribution in [3.05, 3.63) is 223 Å². The molecule has 0 saturated heterocycles. The summed E-state index contributed by atoms with van der Waals surface area (Å²) in [7, 11) is -1.62. The maximum absolute atomic E-state index is 2.34. The van der Waals surface area contributed by atoms with Crippen molar-refractivity contribution in [1.82, 2.24) is 0 Å². The molecule has 1 aliphatic carbocycles. The van der Waals surface area contributed by atoms with E-state index in [0.29, 0.717) is 0 Å². The molecule has 7 rings (SSSR count). The van der Waals surface area contributed by atoms with Gasteiger partial charge < -0.3 is 0 Å². The van der Waals surface area contributed by atoms with Crippen molar-refractivity contribution in [3.63, 3.8) is 0 Å². The van der Waals surface area contributed by atoms with Crippen LogP contribution in [0, 0.1) is 0 Å². The molecular weight excluding hydrogens is 585 g/mol. The molecule has 0 spiro atoms. The average Bonchev–Trinajstić information content (AvgIpc) is 3.46. The molecule has 0 bridgehead atoms. The Hall–Kier alpha value is -5.11. The second kappa shape index (κ2) is 17.5. The van der Waals surface area contributed by atoms with Crippen LogP contribution in [0.3, 0.4) is 0 Å². The lowest BCUT2D eigenvalue weighted by Crippen LogP contribution is -2.05. The number of benzene rings is 6. The van der Waals surface area contributed by atoms with Gasteiger partial charge in [0.25, 0.3) is 0 Å². The Morgan fingerprint density at radius 2 is 0.809 bits per heavy atom. The van der Waals surface area contributed by atoms with Gasteiger partial charge in [0.15, 0.2) is 0 Å². The van der Waals surface area contributed by atoms with Gasteiger partial charge in [0.1, 0.15) is 0 Å². The largest absolute Gasteiger partial charge is 0.133 e. The highest BCUT2D eigenvalue weighted by atomic mass is 32.3. The van der Waals surface area contributed by atoms with Crippen molar-refractivity contribution in [1.29, 1.82) is 0 Å². The summed E-state index contributed by atoms with van der Waals surface area (Å²) in [5.74, 6) is 0. The van der Waals surface area contributed by atoms with Crippen molar-refractivity contribution < 1.29 is 0 Å². The first-order chi connectivity index (χ1) is 23.3. The second-order valence-corrected chi connectivity index (χ2v) is 14.0. The fourth-order valence-electron chi connectivity index (χ4n) is 5.76. The van der Waals surface area contributed by atoms with Gasteiger partial charge in [-0.3, -0.25) is 0 Å². The molecule has 0 aromatic heterocycles. The second-order valence-electron chi connectivity index (χ2n) is 10.9. The number of hydrogen-bond acceptors (Lipinski definition) is 0. The lowest BCUT2D eigenvalue weighted by molar-refractivity contribution is 1.19. The van der Waals surface area contributed by atoms with Gasteiger partial charge in [-0.15, -0.1) is 10.0 Å². The molecule has 0 N–H and O–H groups in total. The third-order valence-electron chi connectivity index (χ3n) is 7.92. The van der Waals surface area contributed by atoms with Crippen LogP contribution in [-0.2, 0) is 6.42 Å². The van der Waals surface area contributed by atoms with E-state index in [1.165, 1.54) is 41.8 Å². The molecule has 6 aromatic rings. The summed E-state index contributed by atoms with van der Waals surface area (Å²) in [6.45, 7) is 4.00. The predicted molar refractivity (Wildman–Crippen MR) is 204 cm³/mol. The van der Waals surface area contributed by atoms with Gasteiger partial charge in [0.05, 0.1) is 0 Å². The maximum atomic E-state index is 2.34. The van der Waals surface area contributed by atoms with Crippen LogP contribution >= 0.6 is 10.0 Å². The quantitative estimate of drug-likeness (QED) is 0.165. The van der Waals surface area contributed by atoms with Gasteiger partial charge in [-0.2, -0.15) is 0 Å². The number of allylic oxidation sites excluding steroid dienone is 6. The van der Waals surface area contributed by atoms with E-state index in [1.54, 1.807) is 0 Å². The highest BCUT2D eigenvalue weighted by Crippen LogP contribution is 2.73. The summed E-state index contributed by atoms with van der Waals surface area (Å²) < 4.78 is 0. The van der Waals surface area contributed by atoms with Gasteiger partial charge in [-0.1, -0.05) is 172 Å². The van der Waals surface area contributed by atoms with Crippen LogP contribution < -0.4 is 0 Å². The molecule has 0 fully saturated rings. The van der Waals surface area contributed by atoms with E-state index in [0.717, 1.165) is 12.8 Å². The highest BCUT2D eigenvalue weighted by Gasteiger charge is 2.32. The zero-order valence-corrected chi connectivity index (χ0v) is 28.3. The Balaban J connectivity index is 0.000000241. The van der Waals surface area contributed by atoms with Gasteiger partial charge in [0, 0.05) is 19.6 Å². The van der Waals surface area contributed by atoms with Crippen molar-refractivity contribution in [2.24, 2.45) is 0 Å². The first-order valence-corrected chi connectivity index (χ1v) is 18.2. The molecule has 1 aliphatic rings. The summed E-state index contributed by atoms with van der Waals surface area (Å²) in [5.41, 5.74) is 5.28. The van der Waals surface area contributed by atoms with Gasteiger partial charge in [-0.05, 0) is 83.6 Å². The van der Waals surface area contributed by atoms with Crippen LogP contribution in [0.1, 0.15) is 37.0 Å². The highest BCUT2D eigenvalue weighted by molar-refractivity contribution is 8.34. The molecule has 1 heteroatoms. The van der Waals surface area contributed by atoms with Crippen LogP contribution in [0.2, 0.25) is 0 Å². The zero-order valence-electron chi connectivity index (χ0n) is 27.5. The Labute approximate surface area is 283 Å². The summed E-state index contributed by atoms with van der Waals surface area (Å²) in [6, 6.07) is 63.3. The van der Waals surface area contributed by atoms with Crippen LogP contribution in [0.5, 0.6) is 0 Å². The molecule has 0 unspecified atom stereocenters. The molecule has 0 atom stereocenters. The van der Waals surface area contributed by atoms with Crippen LogP contribution in [-0.4, -0.2) is 0 Å². The molecule has 47 heavy (non-hydrogen) atoms. The zero-order chi connectivity index (χ0) is 32.6. The lowest BCUT2D eigenvalue weighted by atomic mass is 10.1.